The molecule has 4 atom stereocenters. The fourth-order valence-electron chi connectivity index (χ4n) is 4.78. The number of esters is 1. The first kappa shape index (κ1) is 34.1. The Morgan fingerprint density at radius 2 is 1.49 bits per heavy atom. The van der Waals surface area contributed by atoms with Gasteiger partial charge in [0.25, 0.3) is 0 Å². The summed E-state index contributed by atoms with van der Waals surface area (Å²) in [4.78, 5) is 21.3. The average molecular weight is 599 g/mol. The summed E-state index contributed by atoms with van der Waals surface area (Å²) in [7, 11) is 0. The molecule has 234 valence electrons. The highest BCUT2D eigenvalue weighted by Gasteiger charge is 2.34. The first-order chi connectivity index (χ1) is 20.7. The van der Waals surface area contributed by atoms with Crippen LogP contribution in [0.5, 0.6) is 11.5 Å². The van der Waals surface area contributed by atoms with E-state index in [0.717, 1.165) is 44.1 Å². The zero-order valence-electron chi connectivity index (χ0n) is 25.8. The molecule has 0 spiro atoms. The van der Waals surface area contributed by atoms with E-state index in [-0.39, 0.29) is 12.2 Å². The Hall–Kier alpha value is -3.42. The maximum atomic E-state index is 14.9. The molecule has 0 saturated carbocycles. The van der Waals surface area contributed by atoms with Crippen molar-refractivity contribution < 1.29 is 27.4 Å². The third-order valence-electron chi connectivity index (χ3n) is 7.52. The van der Waals surface area contributed by atoms with Crippen molar-refractivity contribution in [3.8, 4) is 34.0 Å². The fraction of sp³-hybridized carbons (Fsp3) is 0.514. The molecular formula is C35H45F3N2O3. The van der Waals surface area contributed by atoms with Crippen molar-refractivity contribution in [2.75, 3.05) is 0 Å². The van der Waals surface area contributed by atoms with Gasteiger partial charge in [-0.3, -0.25) is 0 Å². The van der Waals surface area contributed by atoms with Gasteiger partial charge in [0, 0.05) is 18.0 Å². The first-order valence-electron chi connectivity index (χ1n) is 15.5. The highest BCUT2D eigenvalue weighted by atomic mass is 19.2. The van der Waals surface area contributed by atoms with Gasteiger partial charge >= 0.3 is 5.97 Å². The van der Waals surface area contributed by atoms with Gasteiger partial charge in [-0.05, 0) is 69.4 Å². The van der Waals surface area contributed by atoms with Gasteiger partial charge in [0.2, 0.25) is 5.67 Å². The van der Waals surface area contributed by atoms with Crippen molar-refractivity contribution in [3.63, 3.8) is 0 Å². The maximum absolute atomic E-state index is 14.9. The molecule has 0 radical (unpaired) electrons. The number of hydrogen-bond acceptors (Lipinski definition) is 5. The van der Waals surface area contributed by atoms with Crippen LogP contribution in [0.25, 0.3) is 22.5 Å². The summed E-state index contributed by atoms with van der Waals surface area (Å²) in [5.41, 5.74) is 0.0395. The molecular weight excluding hydrogens is 553 g/mol. The lowest BCUT2D eigenvalue weighted by Crippen LogP contribution is -2.34. The molecule has 1 heterocycles. The van der Waals surface area contributed by atoms with Crippen LogP contribution in [0.2, 0.25) is 0 Å². The van der Waals surface area contributed by atoms with E-state index in [9.17, 15) is 18.0 Å². The first-order valence-corrected chi connectivity index (χ1v) is 15.5. The Bertz CT molecular complexity index is 1250. The number of ether oxygens (including phenoxy) is 2. The van der Waals surface area contributed by atoms with Crippen LogP contribution in [0.1, 0.15) is 91.9 Å². The number of para-hydroxylation sites is 1. The molecule has 0 fully saturated rings. The molecule has 3 aromatic rings. The summed E-state index contributed by atoms with van der Waals surface area (Å²) >= 11 is 0. The minimum atomic E-state index is -2.04. The molecule has 2 aromatic carbocycles. The van der Waals surface area contributed by atoms with Crippen LogP contribution in [-0.4, -0.2) is 40.1 Å². The summed E-state index contributed by atoms with van der Waals surface area (Å²) in [6.07, 6.45) is 7.18. The molecule has 0 aliphatic heterocycles. The SMILES string of the molecule is CCCCCCCCC(Oc1ccccc1-c1ncc(-c2ccc(OC(=O)C(C)(F)CCCC)cc2)cn1)C(F)C(C)F. The number of halogens is 3. The van der Waals surface area contributed by atoms with Gasteiger partial charge in [-0.15, -0.1) is 0 Å². The highest BCUT2D eigenvalue weighted by molar-refractivity contribution is 5.81. The van der Waals surface area contributed by atoms with Gasteiger partial charge in [-0.25, -0.2) is 27.9 Å². The van der Waals surface area contributed by atoms with Gasteiger partial charge in [-0.2, -0.15) is 0 Å². The van der Waals surface area contributed by atoms with Crippen molar-refractivity contribution in [2.24, 2.45) is 0 Å². The van der Waals surface area contributed by atoms with E-state index in [1.165, 1.54) is 20.3 Å². The second-order valence-corrected chi connectivity index (χ2v) is 11.3. The van der Waals surface area contributed by atoms with Crippen molar-refractivity contribution in [1.29, 1.82) is 0 Å². The number of carbonyl (C=O) groups excluding carboxylic acids is 1. The standard InChI is InChI=1S/C35H45F3N2O3/c1-5-7-9-10-11-12-17-31(32(37)25(3)36)43-30-16-14-13-15-29(30)33-39-23-27(24-40-33)26-18-20-28(21-19-26)42-34(41)35(4,38)22-8-6-2/h13-16,18-21,23-25,31-32H,5-12,17,22H2,1-4H3. The molecule has 5 nitrogen and oxygen atoms in total. The van der Waals surface area contributed by atoms with Crippen LogP contribution in [0.15, 0.2) is 60.9 Å². The van der Waals surface area contributed by atoms with E-state index in [1.54, 1.807) is 54.9 Å². The van der Waals surface area contributed by atoms with Crippen LogP contribution in [0.3, 0.4) is 0 Å². The molecule has 0 aliphatic rings. The van der Waals surface area contributed by atoms with Gasteiger partial charge in [0.15, 0.2) is 12.0 Å². The van der Waals surface area contributed by atoms with Crippen LogP contribution in [-0.2, 0) is 4.79 Å². The summed E-state index contributed by atoms with van der Waals surface area (Å²) in [6, 6.07) is 13.8. The van der Waals surface area contributed by atoms with Crippen molar-refractivity contribution in [3.05, 3.63) is 60.9 Å². The van der Waals surface area contributed by atoms with Gasteiger partial charge in [0.05, 0.1) is 5.56 Å². The average Bonchev–Trinajstić information content (AvgIpc) is 3.01. The number of unbranched alkanes of at least 4 members (excludes halogenated alkanes) is 6. The number of aromatic nitrogens is 2. The molecule has 0 bridgehead atoms. The summed E-state index contributed by atoms with van der Waals surface area (Å²) in [5, 5.41) is 0. The smallest absolute Gasteiger partial charge is 0.348 e. The molecule has 0 aliphatic carbocycles. The number of alkyl halides is 3. The number of benzene rings is 2. The van der Waals surface area contributed by atoms with E-state index in [2.05, 4.69) is 16.9 Å². The molecule has 1 aromatic heterocycles. The molecule has 0 saturated heterocycles. The number of rotatable bonds is 18. The number of nitrogens with zero attached hydrogens (tertiary/aromatic N) is 2. The normalized spacial score (nSPS) is 14.9. The van der Waals surface area contributed by atoms with E-state index in [1.807, 2.05) is 13.0 Å². The summed E-state index contributed by atoms with van der Waals surface area (Å²) < 4.78 is 54.9. The van der Waals surface area contributed by atoms with Crippen LogP contribution >= 0.6 is 0 Å². The topological polar surface area (TPSA) is 61.3 Å². The summed E-state index contributed by atoms with van der Waals surface area (Å²) in [6.45, 7) is 6.56. The monoisotopic (exact) mass is 598 g/mol. The Labute approximate surface area is 254 Å². The molecule has 8 heteroatoms. The van der Waals surface area contributed by atoms with E-state index in [0.29, 0.717) is 35.5 Å². The number of hydrogen-bond donors (Lipinski definition) is 0. The Kier molecular flexibility index (Phi) is 13.5. The zero-order valence-corrected chi connectivity index (χ0v) is 25.8. The predicted molar refractivity (Wildman–Crippen MR) is 165 cm³/mol. The number of carbonyl (C=O) groups is 1. The Morgan fingerprint density at radius 3 is 2.14 bits per heavy atom. The molecule has 0 N–H and O–H groups in total. The van der Waals surface area contributed by atoms with E-state index in [4.69, 9.17) is 9.47 Å². The minimum absolute atomic E-state index is 0.112. The second-order valence-electron chi connectivity index (χ2n) is 11.3. The van der Waals surface area contributed by atoms with E-state index >= 15 is 0 Å². The largest absolute Gasteiger partial charge is 0.487 e. The fourth-order valence-corrected chi connectivity index (χ4v) is 4.78. The third kappa shape index (κ3) is 10.4. The van der Waals surface area contributed by atoms with E-state index < -0.39 is 30.1 Å². The second kappa shape index (κ2) is 17.0. The maximum Gasteiger partial charge on any atom is 0.348 e. The van der Waals surface area contributed by atoms with Gasteiger partial charge in [0.1, 0.15) is 23.8 Å². The zero-order chi connectivity index (χ0) is 31.2. The molecule has 3 rings (SSSR count). The summed E-state index contributed by atoms with van der Waals surface area (Å²) in [5.74, 6) is 0.138. The van der Waals surface area contributed by atoms with Crippen molar-refractivity contribution in [2.45, 2.75) is 116 Å². The lowest BCUT2D eigenvalue weighted by Gasteiger charge is -2.24. The van der Waals surface area contributed by atoms with Crippen molar-refractivity contribution >= 4 is 5.97 Å². The highest BCUT2D eigenvalue weighted by Crippen LogP contribution is 2.32. The minimum Gasteiger partial charge on any atom is -0.487 e. The van der Waals surface area contributed by atoms with Gasteiger partial charge in [-0.1, -0.05) is 76.6 Å². The molecule has 0 amide bonds. The van der Waals surface area contributed by atoms with Crippen LogP contribution in [0, 0.1) is 0 Å². The lowest BCUT2D eigenvalue weighted by molar-refractivity contribution is -0.147. The van der Waals surface area contributed by atoms with Crippen LogP contribution in [0.4, 0.5) is 13.2 Å². The van der Waals surface area contributed by atoms with Gasteiger partial charge < -0.3 is 9.47 Å². The van der Waals surface area contributed by atoms with Crippen LogP contribution < -0.4 is 9.47 Å². The molecule has 43 heavy (non-hydrogen) atoms. The quantitative estimate of drug-likeness (QED) is 0.0829. The Morgan fingerprint density at radius 1 is 0.860 bits per heavy atom. The lowest BCUT2D eigenvalue weighted by atomic mass is 10.0. The molecule has 4 unspecified atom stereocenters. The van der Waals surface area contributed by atoms with Crippen molar-refractivity contribution in [1.82, 2.24) is 9.97 Å². The predicted octanol–water partition coefficient (Wildman–Crippen LogP) is 9.83. The third-order valence-corrected chi connectivity index (χ3v) is 7.52. The Balaban J connectivity index is 1.70.